The summed E-state index contributed by atoms with van der Waals surface area (Å²) < 4.78 is 5.28. The molecule has 0 bridgehead atoms. The zero-order valence-electron chi connectivity index (χ0n) is 11.1. The van der Waals surface area contributed by atoms with Gasteiger partial charge in [-0.3, -0.25) is 4.98 Å². The van der Waals surface area contributed by atoms with Gasteiger partial charge in [-0.2, -0.15) is 0 Å². The molecule has 0 amide bonds. The van der Waals surface area contributed by atoms with Crippen LogP contribution < -0.4 is 10.1 Å². The topological polar surface area (TPSA) is 34.1 Å². The number of aromatic nitrogens is 1. The zero-order chi connectivity index (χ0) is 13.1. The summed E-state index contributed by atoms with van der Waals surface area (Å²) >= 11 is 0. The molecule has 0 radical (unpaired) electrons. The van der Waals surface area contributed by atoms with Crippen molar-refractivity contribution >= 4 is 0 Å². The predicted molar refractivity (Wildman–Crippen MR) is 75.3 cm³/mol. The van der Waals surface area contributed by atoms with E-state index in [9.17, 15) is 0 Å². The molecule has 1 atom stereocenters. The molecule has 1 unspecified atom stereocenters. The minimum atomic E-state index is 0.516. The van der Waals surface area contributed by atoms with Gasteiger partial charge in [0, 0.05) is 25.0 Å². The smallest absolute Gasteiger partial charge is 0.119 e. The van der Waals surface area contributed by atoms with Gasteiger partial charge in [-0.05, 0) is 47.7 Å². The summed E-state index contributed by atoms with van der Waals surface area (Å²) in [5.41, 5.74) is 4.07. The molecule has 1 aromatic heterocycles. The van der Waals surface area contributed by atoms with Gasteiger partial charge < -0.3 is 10.1 Å². The Morgan fingerprint density at radius 2 is 2.16 bits per heavy atom. The molecule has 1 aliphatic rings. The maximum Gasteiger partial charge on any atom is 0.119 e. The molecule has 2 aromatic rings. The maximum atomic E-state index is 5.28. The highest BCUT2D eigenvalue weighted by Crippen LogP contribution is 2.26. The number of hydrogen-bond donors (Lipinski definition) is 1. The van der Waals surface area contributed by atoms with Crippen LogP contribution in [-0.2, 0) is 19.4 Å². The molecule has 0 fully saturated rings. The molecule has 1 aliphatic carbocycles. The largest absolute Gasteiger partial charge is 0.497 e. The van der Waals surface area contributed by atoms with Crippen molar-refractivity contribution in [1.29, 1.82) is 0 Å². The molecule has 1 aromatic carbocycles. The van der Waals surface area contributed by atoms with Crippen molar-refractivity contribution in [2.45, 2.75) is 25.4 Å². The van der Waals surface area contributed by atoms with Crippen molar-refractivity contribution in [3.05, 3.63) is 59.4 Å². The average molecular weight is 254 g/mol. The van der Waals surface area contributed by atoms with Crippen LogP contribution in [0.1, 0.15) is 16.7 Å². The van der Waals surface area contributed by atoms with Gasteiger partial charge in [0.15, 0.2) is 0 Å². The predicted octanol–water partition coefficient (Wildman–Crippen LogP) is 2.35. The summed E-state index contributed by atoms with van der Waals surface area (Å²) in [6, 6.07) is 11.0. The van der Waals surface area contributed by atoms with Crippen LogP contribution in [0.3, 0.4) is 0 Å². The Labute approximate surface area is 113 Å². The van der Waals surface area contributed by atoms with Gasteiger partial charge in [-0.15, -0.1) is 0 Å². The van der Waals surface area contributed by atoms with E-state index < -0.39 is 0 Å². The van der Waals surface area contributed by atoms with E-state index in [1.807, 2.05) is 18.3 Å². The molecule has 3 nitrogen and oxygen atoms in total. The van der Waals surface area contributed by atoms with Crippen molar-refractivity contribution in [2.75, 3.05) is 7.11 Å². The monoisotopic (exact) mass is 254 g/mol. The standard InChI is InChI=1S/C16H18N2O/c1-19-16-5-4-13-7-15(8-14(13)9-16)18-11-12-3-2-6-17-10-12/h2-6,9-10,15,18H,7-8,11H2,1H3. The minimum Gasteiger partial charge on any atom is -0.497 e. The summed E-state index contributed by atoms with van der Waals surface area (Å²) in [7, 11) is 1.72. The minimum absolute atomic E-state index is 0.516. The fourth-order valence-corrected chi connectivity index (χ4v) is 2.63. The number of nitrogens with one attached hydrogen (secondary N) is 1. The van der Waals surface area contributed by atoms with E-state index in [2.05, 4.69) is 28.5 Å². The van der Waals surface area contributed by atoms with Crippen LogP contribution in [0.2, 0.25) is 0 Å². The highest BCUT2D eigenvalue weighted by atomic mass is 16.5. The van der Waals surface area contributed by atoms with E-state index in [4.69, 9.17) is 4.74 Å². The van der Waals surface area contributed by atoms with Crippen LogP contribution in [-0.4, -0.2) is 18.1 Å². The maximum absolute atomic E-state index is 5.28. The third-order valence-corrected chi connectivity index (χ3v) is 3.66. The molecule has 3 heteroatoms. The fourth-order valence-electron chi connectivity index (χ4n) is 2.63. The van der Waals surface area contributed by atoms with E-state index in [1.54, 1.807) is 13.3 Å². The van der Waals surface area contributed by atoms with E-state index in [1.165, 1.54) is 16.7 Å². The van der Waals surface area contributed by atoms with Gasteiger partial charge in [-0.1, -0.05) is 12.1 Å². The number of fused-ring (bicyclic) bond motifs is 1. The van der Waals surface area contributed by atoms with Crippen molar-refractivity contribution < 1.29 is 4.74 Å². The van der Waals surface area contributed by atoms with Gasteiger partial charge in [0.2, 0.25) is 0 Å². The molecular weight excluding hydrogens is 236 g/mol. The molecule has 0 spiro atoms. The lowest BCUT2D eigenvalue weighted by Gasteiger charge is -2.11. The second-order valence-electron chi connectivity index (χ2n) is 4.98. The molecular formula is C16H18N2O. The summed E-state index contributed by atoms with van der Waals surface area (Å²) in [5, 5.41) is 3.60. The van der Waals surface area contributed by atoms with E-state index in [0.717, 1.165) is 25.1 Å². The highest BCUT2D eigenvalue weighted by molar-refractivity contribution is 5.40. The lowest BCUT2D eigenvalue weighted by molar-refractivity contribution is 0.414. The van der Waals surface area contributed by atoms with Crippen molar-refractivity contribution in [2.24, 2.45) is 0 Å². The Morgan fingerprint density at radius 1 is 1.26 bits per heavy atom. The summed E-state index contributed by atoms with van der Waals surface area (Å²) in [5.74, 6) is 0.951. The summed E-state index contributed by atoms with van der Waals surface area (Å²) in [6.07, 6.45) is 5.89. The van der Waals surface area contributed by atoms with Gasteiger partial charge in [0.25, 0.3) is 0 Å². The highest BCUT2D eigenvalue weighted by Gasteiger charge is 2.21. The van der Waals surface area contributed by atoms with Crippen LogP contribution in [0, 0.1) is 0 Å². The Balaban J connectivity index is 1.61. The number of pyridine rings is 1. The number of benzene rings is 1. The third kappa shape index (κ3) is 2.76. The number of hydrogen-bond acceptors (Lipinski definition) is 3. The third-order valence-electron chi connectivity index (χ3n) is 3.66. The van der Waals surface area contributed by atoms with E-state index in [0.29, 0.717) is 6.04 Å². The Morgan fingerprint density at radius 3 is 2.95 bits per heavy atom. The summed E-state index contributed by atoms with van der Waals surface area (Å²) in [6.45, 7) is 0.879. The van der Waals surface area contributed by atoms with Crippen LogP contribution in [0.4, 0.5) is 0 Å². The van der Waals surface area contributed by atoms with E-state index in [-0.39, 0.29) is 0 Å². The molecule has 3 rings (SSSR count). The second kappa shape index (κ2) is 5.41. The molecule has 1 heterocycles. The van der Waals surface area contributed by atoms with Crippen LogP contribution in [0.5, 0.6) is 5.75 Å². The number of methoxy groups -OCH3 is 1. The Bertz CT molecular complexity index is 554. The first-order valence-corrected chi connectivity index (χ1v) is 6.63. The lowest BCUT2D eigenvalue weighted by atomic mass is 10.1. The van der Waals surface area contributed by atoms with Gasteiger partial charge in [-0.25, -0.2) is 0 Å². The molecule has 1 N–H and O–H groups in total. The fraction of sp³-hybridized carbons (Fsp3) is 0.312. The second-order valence-corrected chi connectivity index (χ2v) is 4.98. The lowest BCUT2D eigenvalue weighted by Crippen LogP contribution is -2.28. The van der Waals surface area contributed by atoms with E-state index >= 15 is 0 Å². The number of nitrogens with zero attached hydrogens (tertiary/aromatic N) is 1. The van der Waals surface area contributed by atoms with Gasteiger partial charge in [0.1, 0.15) is 5.75 Å². The molecule has 19 heavy (non-hydrogen) atoms. The first-order valence-electron chi connectivity index (χ1n) is 6.63. The SMILES string of the molecule is COc1ccc2c(c1)CC(NCc1cccnc1)C2. The Hall–Kier alpha value is -1.87. The van der Waals surface area contributed by atoms with Crippen molar-refractivity contribution in [3.63, 3.8) is 0 Å². The number of ether oxygens (including phenoxy) is 1. The van der Waals surface area contributed by atoms with Crippen LogP contribution >= 0.6 is 0 Å². The average Bonchev–Trinajstić information content (AvgIpc) is 2.88. The van der Waals surface area contributed by atoms with Crippen LogP contribution in [0.25, 0.3) is 0 Å². The van der Waals surface area contributed by atoms with Crippen LogP contribution in [0.15, 0.2) is 42.7 Å². The molecule has 0 aliphatic heterocycles. The molecule has 0 saturated carbocycles. The van der Waals surface area contributed by atoms with Crippen molar-refractivity contribution in [3.8, 4) is 5.75 Å². The Kier molecular flexibility index (Phi) is 3.47. The van der Waals surface area contributed by atoms with Crippen molar-refractivity contribution in [1.82, 2.24) is 10.3 Å². The molecule has 0 saturated heterocycles. The normalized spacial score (nSPS) is 17.2. The van der Waals surface area contributed by atoms with Gasteiger partial charge >= 0.3 is 0 Å². The number of rotatable bonds is 4. The molecule has 98 valence electrons. The quantitative estimate of drug-likeness (QED) is 0.909. The zero-order valence-corrected chi connectivity index (χ0v) is 11.1. The first-order chi connectivity index (χ1) is 9.35. The first kappa shape index (κ1) is 12.2. The van der Waals surface area contributed by atoms with Gasteiger partial charge in [0.05, 0.1) is 7.11 Å². The summed E-state index contributed by atoms with van der Waals surface area (Å²) in [4.78, 5) is 4.14.